The summed E-state index contributed by atoms with van der Waals surface area (Å²) in [7, 11) is 0. The molecule has 0 saturated heterocycles. The van der Waals surface area contributed by atoms with E-state index in [1.807, 2.05) is 4.57 Å². The number of aryl methyl sites for hydroxylation is 1. The minimum absolute atomic E-state index is 0.352. The zero-order valence-electron chi connectivity index (χ0n) is 13.7. The molecule has 2 heterocycles. The molecule has 0 fully saturated rings. The van der Waals surface area contributed by atoms with Crippen LogP contribution in [0.1, 0.15) is 48.0 Å². The van der Waals surface area contributed by atoms with Crippen molar-refractivity contribution in [2.45, 2.75) is 38.1 Å². The molecule has 0 bridgehead atoms. The second-order valence-corrected chi connectivity index (χ2v) is 5.93. The van der Waals surface area contributed by atoms with Crippen molar-refractivity contribution < 1.29 is 4.79 Å². The van der Waals surface area contributed by atoms with E-state index >= 15 is 0 Å². The van der Waals surface area contributed by atoms with Crippen molar-refractivity contribution in [3.8, 4) is 12.1 Å². The Morgan fingerprint density at radius 3 is 2.84 bits per heavy atom. The zero-order chi connectivity index (χ0) is 17.6. The molecule has 124 valence electrons. The van der Waals surface area contributed by atoms with Crippen molar-refractivity contribution in [3.05, 3.63) is 53.1 Å². The number of benzene rings is 1. The monoisotopic (exact) mass is 331 g/mol. The predicted molar refractivity (Wildman–Crippen MR) is 91.1 cm³/mol. The number of rotatable bonds is 4. The molecular formula is C19H17N5O. The molecule has 6 heteroatoms. The first-order valence-electron chi connectivity index (χ1n) is 8.27. The van der Waals surface area contributed by atoms with Crippen LogP contribution in [0.5, 0.6) is 0 Å². The molecule has 25 heavy (non-hydrogen) atoms. The Morgan fingerprint density at radius 1 is 1.20 bits per heavy atom. The Morgan fingerprint density at radius 2 is 2.04 bits per heavy atom. The molecule has 1 atom stereocenters. The van der Waals surface area contributed by atoms with E-state index in [1.165, 1.54) is 6.08 Å². The summed E-state index contributed by atoms with van der Waals surface area (Å²) in [6, 6.07) is 11.1. The lowest BCUT2D eigenvalue weighted by Crippen LogP contribution is -2.15. The van der Waals surface area contributed by atoms with Gasteiger partial charge in [0.25, 0.3) is 0 Å². The SMILES string of the molecule is N#Cc1ccccc1/C=C/C(=O)[C@H](C#N)c1nnc2n1CCCCC2. The number of allylic oxidation sites excluding steroid dienone is 1. The second-order valence-electron chi connectivity index (χ2n) is 5.93. The van der Waals surface area contributed by atoms with Gasteiger partial charge in [-0.3, -0.25) is 4.79 Å². The van der Waals surface area contributed by atoms with Crippen LogP contribution in [0.2, 0.25) is 0 Å². The molecule has 0 spiro atoms. The molecular weight excluding hydrogens is 314 g/mol. The van der Waals surface area contributed by atoms with E-state index in [2.05, 4.69) is 22.3 Å². The van der Waals surface area contributed by atoms with Gasteiger partial charge in [-0.25, -0.2) is 0 Å². The van der Waals surface area contributed by atoms with Gasteiger partial charge in [-0.2, -0.15) is 10.5 Å². The van der Waals surface area contributed by atoms with Crippen molar-refractivity contribution in [2.75, 3.05) is 0 Å². The van der Waals surface area contributed by atoms with Gasteiger partial charge < -0.3 is 4.57 Å². The highest BCUT2D eigenvalue weighted by molar-refractivity contribution is 6.00. The summed E-state index contributed by atoms with van der Waals surface area (Å²) >= 11 is 0. The van der Waals surface area contributed by atoms with E-state index in [4.69, 9.17) is 5.26 Å². The van der Waals surface area contributed by atoms with Crippen LogP contribution in [0.3, 0.4) is 0 Å². The Hall–Kier alpha value is -3.25. The lowest BCUT2D eigenvalue weighted by molar-refractivity contribution is -0.115. The number of carbonyl (C=O) groups excluding carboxylic acids is 1. The Labute approximate surface area is 146 Å². The average molecular weight is 331 g/mol. The van der Waals surface area contributed by atoms with Gasteiger partial charge in [-0.1, -0.05) is 30.7 Å². The number of carbonyl (C=O) groups is 1. The molecule has 0 unspecified atom stereocenters. The lowest BCUT2D eigenvalue weighted by atomic mass is 10.0. The second kappa shape index (κ2) is 7.55. The summed E-state index contributed by atoms with van der Waals surface area (Å²) in [5.74, 6) is -0.0680. The maximum atomic E-state index is 12.5. The van der Waals surface area contributed by atoms with E-state index in [1.54, 1.807) is 30.3 Å². The minimum Gasteiger partial charge on any atom is -0.313 e. The predicted octanol–water partition coefficient (Wildman–Crippen LogP) is 2.77. The van der Waals surface area contributed by atoms with Gasteiger partial charge in [0.1, 0.15) is 5.82 Å². The molecule has 1 aliphatic rings. The van der Waals surface area contributed by atoms with Crippen LogP contribution in [0.4, 0.5) is 0 Å². The Balaban J connectivity index is 1.86. The topological polar surface area (TPSA) is 95.4 Å². The standard InChI is InChI=1S/C19H17N5O/c20-12-15-7-4-3-6-14(15)9-10-17(25)16(13-21)19-23-22-18-8-2-1-5-11-24(18)19/h3-4,6-7,9-10,16H,1-2,5,8,11H2/b10-9+/t16-/m0/s1. The number of hydrogen-bond donors (Lipinski definition) is 0. The van der Waals surface area contributed by atoms with Gasteiger partial charge in [0.2, 0.25) is 0 Å². The highest BCUT2D eigenvalue weighted by atomic mass is 16.1. The summed E-state index contributed by atoms with van der Waals surface area (Å²) in [6.45, 7) is 0.740. The fraction of sp³-hybridized carbons (Fsp3) is 0.316. The van der Waals surface area contributed by atoms with Crippen LogP contribution in [0.15, 0.2) is 30.3 Å². The Bertz CT molecular complexity index is 897. The summed E-state index contributed by atoms with van der Waals surface area (Å²) < 4.78 is 1.91. The zero-order valence-corrected chi connectivity index (χ0v) is 13.7. The van der Waals surface area contributed by atoms with Gasteiger partial charge in [0.15, 0.2) is 17.5 Å². The van der Waals surface area contributed by atoms with Gasteiger partial charge >= 0.3 is 0 Å². The molecule has 1 aliphatic heterocycles. The van der Waals surface area contributed by atoms with Crippen molar-refractivity contribution >= 4 is 11.9 Å². The summed E-state index contributed by atoms with van der Waals surface area (Å²) in [5, 5.41) is 26.9. The number of fused-ring (bicyclic) bond motifs is 1. The maximum absolute atomic E-state index is 12.5. The third kappa shape index (κ3) is 3.49. The number of aromatic nitrogens is 3. The highest BCUT2D eigenvalue weighted by Gasteiger charge is 2.26. The van der Waals surface area contributed by atoms with Crippen LogP contribution in [0, 0.1) is 22.7 Å². The van der Waals surface area contributed by atoms with Crippen molar-refractivity contribution in [3.63, 3.8) is 0 Å². The van der Waals surface area contributed by atoms with E-state index in [0.717, 1.165) is 38.1 Å². The van der Waals surface area contributed by atoms with Crippen LogP contribution in [0.25, 0.3) is 6.08 Å². The fourth-order valence-corrected chi connectivity index (χ4v) is 2.98. The van der Waals surface area contributed by atoms with Crippen LogP contribution < -0.4 is 0 Å². The number of nitrogens with zero attached hydrogens (tertiary/aromatic N) is 5. The number of hydrogen-bond acceptors (Lipinski definition) is 5. The normalized spacial score (nSPS) is 15.0. The number of nitriles is 2. The molecule has 0 amide bonds. The van der Waals surface area contributed by atoms with Gasteiger partial charge in [-0.05, 0) is 30.5 Å². The average Bonchev–Trinajstić information content (AvgIpc) is 2.88. The first-order valence-corrected chi connectivity index (χ1v) is 8.27. The molecule has 6 nitrogen and oxygen atoms in total. The third-order valence-corrected chi connectivity index (χ3v) is 4.32. The van der Waals surface area contributed by atoms with Crippen molar-refractivity contribution in [1.82, 2.24) is 14.8 Å². The third-order valence-electron chi connectivity index (χ3n) is 4.32. The molecule has 2 aromatic rings. The Kier molecular flexibility index (Phi) is 5.01. The largest absolute Gasteiger partial charge is 0.313 e. The van der Waals surface area contributed by atoms with Crippen molar-refractivity contribution in [1.29, 1.82) is 10.5 Å². The minimum atomic E-state index is -0.982. The maximum Gasteiger partial charge on any atom is 0.180 e. The van der Waals surface area contributed by atoms with Gasteiger partial charge in [-0.15, -0.1) is 10.2 Å². The summed E-state index contributed by atoms with van der Waals surface area (Å²) in [6.07, 6.45) is 6.90. The summed E-state index contributed by atoms with van der Waals surface area (Å²) in [4.78, 5) is 12.5. The molecule has 1 aromatic heterocycles. The smallest absolute Gasteiger partial charge is 0.180 e. The summed E-state index contributed by atoms with van der Waals surface area (Å²) in [5.41, 5.74) is 1.13. The van der Waals surface area contributed by atoms with E-state index in [0.29, 0.717) is 17.0 Å². The number of ketones is 1. The van der Waals surface area contributed by atoms with Crippen LogP contribution >= 0.6 is 0 Å². The molecule has 0 saturated carbocycles. The molecule has 1 aromatic carbocycles. The fourth-order valence-electron chi connectivity index (χ4n) is 2.98. The molecule has 0 aliphatic carbocycles. The van der Waals surface area contributed by atoms with E-state index in [-0.39, 0.29) is 5.78 Å². The van der Waals surface area contributed by atoms with Gasteiger partial charge in [0, 0.05) is 13.0 Å². The molecule has 0 radical (unpaired) electrons. The lowest BCUT2D eigenvalue weighted by Gasteiger charge is -2.09. The quantitative estimate of drug-likeness (QED) is 0.803. The van der Waals surface area contributed by atoms with Crippen LogP contribution in [-0.4, -0.2) is 20.5 Å². The molecule has 0 N–H and O–H groups in total. The molecule has 3 rings (SSSR count). The van der Waals surface area contributed by atoms with Crippen LogP contribution in [-0.2, 0) is 17.8 Å². The van der Waals surface area contributed by atoms with Gasteiger partial charge in [0.05, 0.1) is 17.7 Å². The first-order chi connectivity index (χ1) is 12.2. The first kappa shape index (κ1) is 16.6. The van der Waals surface area contributed by atoms with Crippen molar-refractivity contribution in [2.24, 2.45) is 0 Å². The van der Waals surface area contributed by atoms with E-state index in [9.17, 15) is 10.1 Å². The highest BCUT2D eigenvalue weighted by Crippen LogP contribution is 2.21. The van der Waals surface area contributed by atoms with E-state index < -0.39 is 5.92 Å².